The van der Waals surface area contributed by atoms with Crippen LogP contribution in [0.1, 0.15) is 32.3 Å². The van der Waals surface area contributed by atoms with E-state index in [9.17, 15) is 0 Å². The second-order valence-corrected chi connectivity index (χ2v) is 5.84. The van der Waals surface area contributed by atoms with Crippen LogP contribution in [-0.2, 0) is 6.54 Å². The van der Waals surface area contributed by atoms with Gasteiger partial charge in [-0.1, -0.05) is 24.3 Å². The summed E-state index contributed by atoms with van der Waals surface area (Å²) in [6.07, 6.45) is 4.61. The molecule has 1 aliphatic rings. The Bertz CT molecular complexity index is 551. The van der Waals surface area contributed by atoms with Crippen LogP contribution in [-0.4, -0.2) is 10.5 Å². The highest BCUT2D eigenvalue weighted by molar-refractivity contribution is 5.81. The summed E-state index contributed by atoms with van der Waals surface area (Å²) in [6, 6.07) is 10.5. The summed E-state index contributed by atoms with van der Waals surface area (Å²) in [5.41, 5.74) is 2.66. The van der Waals surface area contributed by atoms with Gasteiger partial charge in [0.25, 0.3) is 0 Å². The second kappa shape index (κ2) is 4.36. The molecule has 0 bridgehead atoms. The molecule has 1 heterocycles. The molecule has 0 unspecified atom stereocenters. The molecule has 0 aliphatic heterocycles. The lowest BCUT2D eigenvalue weighted by molar-refractivity contribution is 0.340. The number of hydrogen-bond donors (Lipinski definition) is 1. The summed E-state index contributed by atoms with van der Waals surface area (Å²) in [7, 11) is 0. The monoisotopic (exact) mass is 240 g/mol. The molecule has 0 atom stereocenters. The third kappa shape index (κ3) is 2.25. The van der Waals surface area contributed by atoms with Crippen LogP contribution in [0.2, 0.25) is 0 Å². The number of pyridine rings is 1. The predicted molar refractivity (Wildman–Crippen MR) is 75.4 cm³/mol. The maximum absolute atomic E-state index is 4.50. The summed E-state index contributed by atoms with van der Waals surface area (Å²) in [4.78, 5) is 4.50. The van der Waals surface area contributed by atoms with Crippen molar-refractivity contribution in [3.05, 3.63) is 42.1 Å². The number of hydrogen-bond acceptors (Lipinski definition) is 2. The maximum Gasteiger partial charge on any atom is 0.0746 e. The molecule has 2 aromatic rings. The lowest BCUT2D eigenvalue weighted by Crippen LogP contribution is -2.40. The van der Waals surface area contributed by atoms with Gasteiger partial charge < -0.3 is 5.32 Å². The van der Waals surface area contributed by atoms with Gasteiger partial charge in [0, 0.05) is 23.7 Å². The molecule has 1 aromatic carbocycles. The van der Waals surface area contributed by atoms with Crippen LogP contribution in [0.4, 0.5) is 0 Å². The fourth-order valence-corrected chi connectivity index (χ4v) is 2.58. The zero-order valence-electron chi connectivity index (χ0n) is 11.1. The Kier molecular flexibility index (Phi) is 2.83. The van der Waals surface area contributed by atoms with Crippen LogP contribution >= 0.6 is 0 Å². The molecule has 94 valence electrons. The van der Waals surface area contributed by atoms with E-state index in [0.717, 1.165) is 18.0 Å². The molecular formula is C16H20N2. The molecule has 18 heavy (non-hydrogen) atoms. The second-order valence-electron chi connectivity index (χ2n) is 5.84. The first-order chi connectivity index (χ1) is 8.67. The lowest BCUT2D eigenvalue weighted by Gasteiger charge is -2.26. The Balaban J connectivity index is 1.82. The fraction of sp³-hybridized carbons (Fsp3) is 0.438. The van der Waals surface area contributed by atoms with Crippen LogP contribution < -0.4 is 5.32 Å². The van der Waals surface area contributed by atoms with Crippen molar-refractivity contribution >= 4 is 10.9 Å². The van der Waals surface area contributed by atoms with E-state index < -0.39 is 0 Å². The molecule has 0 saturated heterocycles. The summed E-state index contributed by atoms with van der Waals surface area (Å²) < 4.78 is 0. The molecule has 1 fully saturated rings. The fourth-order valence-electron chi connectivity index (χ4n) is 2.58. The molecule has 0 spiro atoms. The minimum absolute atomic E-state index is 0.247. The van der Waals surface area contributed by atoms with Crippen LogP contribution in [0, 0.1) is 5.92 Å². The first-order valence-electron chi connectivity index (χ1n) is 6.74. The molecule has 3 rings (SSSR count). The van der Waals surface area contributed by atoms with Crippen LogP contribution in [0.5, 0.6) is 0 Å². The highest BCUT2D eigenvalue weighted by Gasteiger charge is 2.37. The highest BCUT2D eigenvalue weighted by Crippen LogP contribution is 2.39. The van der Waals surface area contributed by atoms with Crippen molar-refractivity contribution in [2.75, 3.05) is 0 Å². The van der Waals surface area contributed by atoms with Crippen molar-refractivity contribution in [1.82, 2.24) is 10.3 Å². The zero-order valence-corrected chi connectivity index (χ0v) is 11.1. The third-order valence-corrected chi connectivity index (χ3v) is 4.05. The van der Waals surface area contributed by atoms with E-state index in [2.05, 4.69) is 48.4 Å². The SMILES string of the molecule is CC(C)(NCc1cccc2cccnc12)C1CC1. The summed E-state index contributed by atoms with van der Waals surface area (Å²) in [6.45, 7) is 5.52. The highest BCUT2D eigenvalue weighted by atomic mass is 15.0. The quantitative estimate of drug-likeness (QED) is 0.884. The Morgan fingerprint density at radius 3 is 2.78 bits per heavy atom. The number of nitrogens with one attached hydrogen (secondary N) is 1. The Morgan fingerprint density at radius 1 is 1.22 bits per heavy atom. The van der Waals surface area contributed by atoms with Crippen molar-refractivity contribution in [3.8, 4) is 0 Å². The van der Waals surface area contributed by atoms with E-state index in [1.165, 1.54) is 23.8 Å². The number of rotatable bonds is 4. The van der Waals surface area contributed by atoms with Crippen LogP contribution in [0.25, 0.3) is 10.9 Å². The van der Waals surface area contributed by atoms with Crippen molar-refractivity contribution in [1.29, 1.82) is 0 Å². The molecule has 2 nitrogen and oxygen atoms in total. The van der Waals surface area contributed by atoms with Gasteiger partial charge in [0.2, 0.25) is 0 Å². The summed E-state index contributed by atoms with van der Waals surface area (Å²) in [5, 5.41) is 4.91. The van der Waals surface area contributed by atoms with Crippen LogP contribution in [0.3, 0.4) is 0 Å². The third-order valence-electron chi connectivity index (χ3n) is 4.05. The zero-order chi connectivity index (χ0) is 12.6. The first kappa shape index (κ1) is 11.7. The Hall–Kier alpha value is -1.41. The summed E-state index contributed by atoms with van der Waals surface area (Å²) in [5.74, 6) is 0.848. The van der Waals surface area contributed by atoms with Gasteiger partial charge >= 0.3 is 0 Å². The molecule has 0 radical (unpaired) electrons. The minimum Gasteiger partial charge on any atom is -0.307 e. The molecular weight excluding hydrogens is 220 g/mol. The molecule has 2 heteroatoms. The normalized spacial score (nSPS) is 16.1. The van der Waals surface area contributed by atoms with Crippen molar-refractivity contribution in [3.63, 3.8) is 0 Å². The number of aromatic nitrogens is 1. The van der Waals surface area contributed by atoms with E-state index in [1.807, 2.05) is 12.3 Å². The first-order valence-corrected chi connectivity index (χ1v) is 6.74. The van der Waals surface area contributed by atoms with E-state index in [0.29, 0.717) is 0 Å². The Morgan fingerprint density at radius 2 is 2.00 bits per heavy atom. The van der Waals surface area contributed by atoms with Gasteiger partial charge in [-0.2, -0.15) is 0 Å². The lowest BCUT2D eigenvalue weighted by atomic mass is 9.98. The summed E-state index contributed by atoms with van der Waals surface area (Å²) >= 11 is 0. The van der Waals surface area contributed by atoms with Crippen LogP contribution in [0.15, 0.2) is 36.5 Å². The average molecular weight is 240 g/mol. The van der Waals surface area contributed by atoms with E-state index in [-0.39, 0.29) is 5.54 Å². The van der Waals surface area contributed by atoms with Gasteiger partial charge in [-0.15, -0.1) is 0 Å². The van der Waals surface area contributed by atoms with Gasteiger partial charge in [-0.05, 0) is 44.2 Å². The van der Waals surface area contributed by atoms with Crippen molar-refractivity contribution < 1.29 is 0 Å². The standard InChI is InChI=1S/C16H20N2/c1-16(2,14-8-9-14)18-11-13-6-3-5-12-7-4-10-17-15(12)13/h3-7,10,14,18H,8-9,11H2,1-2H3. The molecule has 1 N–H and O–H groups in total. The van der Waals surface area contributed by atoms with Gasteiger partial charge in [0.1, 0.15) is 0 Å². The van der Waals surface area contributed by atoms with Crippen molar-refractivity contribution in [2.24, 2.45) is 5.92 Å². The van der Waals surface area contributed by atoms with Crippen molar-refractivity contribution in [2.45, 2.75) is 38.8 Å². The average Bonchev–Trinajstić information content (AvgIpc) is 3.21. The van der Waals surface area contributed by atoms with Gasteiger partial charge in [-0.25, -0.2) is 0 Å². The topological polar surface area (TPSA) is 24.9 Å². The van der Waals surface area contributed by atoms with E-state index in [1.54, 1.807) is 0 Å². The minimum atomic E-state index is 0.247. The molecule has 1 aliphatic carbocycles. The Labute approximate surface area is 108 Å². The van der Waals surface area contributed by atoms with Gasteiger partial charge in [-0.3, -0.25) is 4.98 Å². The number of para-hydroxylation sites is 1. The maximum atomic E-state index is 4.50. The molecule has 0 amide bonds. The number of benzene rings is 1. The molecule has 1 aromatic heterocycles. The number of nitrogens with zero attached hydrogens (tertiary/aromatic N) is 1. The smallest absolute Gasteiger partial charge is 0.0746 e. The largest absolute Gasteiger partial charge is 0.307 e. The number of fused-ring (bicyclic) bond motifs is 1. The van der Waals surface area contributed by atoms with E-state index >= 15 is 0 Å². The van der Waals surface area contributed by atoms with E-state index in [4.69, 9.17) is 0 Å². The predicted octanol–water partition coefficient (Wildman–Crippen LogP) is 3.51. The molecule has 1 saturated carbocycles. The van der Waals surface area contributed by atoms with Gasteiger partial charge in [0.15, 0.2) is 0 Å². The van der Waals surface area contributed by atoms with Gasteiger partial charge in [0.05, 0.1) is 5.52 Å².